The molecule has 0 radical (unpaired) electrons. The van der Waals surface area contributed by atoms with E-state index in [9.17, 15) is 4.79 Å². The molecule has 2 heterocycles. The van der Waals surface area contributed by atoms with Crippen molar-refractivity contribution in [3.05, 3.63) is 36.4 Å². The van der Waals surface area contributed by atoms with Gasteiger partial charge in [-0.3, -0.25) is 4.79 Å². The van der Waals surface area contributed by atoms with Gasteiger partial charge in [-0.1, -0.05) is 0 Å². The molecule has 2 rings (SSSR count). The second-order valence-corrected chi connectivity index (χ2v) is 4.98. The van der Waals surface area contributed by atoms with Gasteiger partial charge >= 0.3 is 0 Å². The van der Waals surface area contributed by atoms with Crippen LogP contribution in [0.25, 0.3) is 11.4 Å². The summed E-state index contributed by atoms with van der Waals surface area (Å²) in [5, 5.41) is 3.89. The minimum Gasteiger partial charge on any atom is -0.378 e. The number of rotatable bonds is 3. The van der Waals surface area contributed by atoms with Crippen LogP contribution in [0.5, 0.6) is 0 Å². The zero-order chi connectivity index (χ0) is 11.5. The zero-order valence-electron chi connectivity index (χ0n) is 8.49. The van der Waals surface area contributed by atoms with Crippen molar-refractivity contribution in [2.75, 3.05) is 7.11 Å². The molecule has 0 aliphatic rings. The molecule has 4 nitrogen and oxygen atoms in total. The quantitative estimate of drug-likeness (QED) is 0.866. The van der Waals surface area contributed by atoms with E-state index in [-0.39, 0.29) is 5.56 Å². The fraction of sp³-hybridized carbons (Fsp3) is 0.200. The van der Waals surface area contributed by atoms with E-state index in [0.29, 0.717) is 21.7 Å². The van der Waals surface area contributed by atoms with Crippen LogP contribution in [0, 0.1) is 3.57 Å². The summed E-state index contributed by atoms with van der Waals surface area (Å²) in [6.07, 6.45) is 0. The molecular weight excluding hydrogens is 339 g/mol. The smallest absolute Gasteiger partial charge is 0.264 e. The molecule has 0 aliphatic heterocycles. The lowest BCUT2D eigenvalue weighted by Crippen LogP contribution is -2.16. The summed E-state index contributed by atoms with van der Waals surface area (Å²) in [6, 6.07) is 1.92. The third-order valence-corrected chi connectivity index (χ3v) is 3.80. The highest BCUT2D eigenvalue weighted by Crippen LogP contribution is 2.18. The van der Waals surface area contributed by atoms with Gasteiger partial charge in [0.05, 0.1) is 12.3 Å². The average molecular weight is 348 g/mol. The monoisotopic (exact) mass is 348 g/mol. The molecule has 0 aromatic carbocycles. The van der Waals surface area contributed by atoms with Crippen LogP contribution in [-0.4, -0.2) is 17.1 Å². The molecule has 16 heavy (non-hydrogen) atoms. The van der Waals surface area contributed by atoms with Crippen LogP contribution >= 0.6 is 33.9 Å². The molecule has 0 unspecified atom stereocenters. The second-order valence-electron chi connectivity index (χ2n) is 3.12. The Kier molecular flexibility index (Phi) is 3.72. The molecule has 0 saturated carbocycles. The van der Waals surface area contributed by atoms with Gasteiger partial charge in [-0.25, -0.2) is 4.98 Å². The van der Waals surface area contributed by atoms with Crippen molar-refractivity contribution < 1.29 is 4.74 Å². The minimum absolute atomic E-state index is 0.121. The van der Waals surface area contributed by atoms with Crippen molar-refractivity contribution in [3.63, 3.8) is 0 Å². The topological polar surface area (TPSA) is 55.0 Å². The number of hydrogen-bond acceptors (Lipinski definition) is 4. The molecule has 0 amide bonds. The molecule has 0 aliphatic carbocycles. The number of nitrogens with zero attached hydrogens (tertiary/aromatic N) is 1. The van der Waals surface area contributed by atoms with Crippen molar-refractivity contribution in [2.45, 2.75) is 6.61 Å². The molecule has 0 bridgehead atoms. The number of aromatic amines is 1. The minimum atomic E-state index is -0.121. The Morgan fingerprint density at radius 2 is 2.44 bits per heavy atom. The Labute approximate surface area is 110 Å². The summed E-state index contributed by atoms with van der Waals surface area (Å²) in [5.41, 5.74) is 1.48. The molecule has 0 saturated heterocycles. The van der Waals surface area contributed by atoms with Crippen LogP contribution in [0.15, 0.2) is 21.6 Å². The van der Waals surface area contributed by atoms with Crippen molar-refractivity contribution >= 4 is 33.9 Å². The lowest BCUT2D eigenvalue weighted by Gasteiger charge is -2.04. The van der Waals surface area contributed by atoms with E-state index in [2.05, 4.69) is 9.97 Å². The molecule has 2 aromatic heterocycles. The van der Waals surface area contributed by atoms with E-state index < -0.39 is 0 Å². The standard InChI is InChI=1S/C10H9IN2O2S/c1-15-4-7-8(11)10(14)13-9(12-7)6-2-3-16-5-6/h2-3,5H,4H2,1H3,(H,12,13,14). The van der Waals surface area contributed by atoms with Crippen molar-refractivity contribution in [2.24, 2.45) is 0 Å². The van der Waals surface area contributed by atoms with Crippen LogP contribution < -0.4 is 5.56 Å². The van der Waals surface area contributed by atoms with Gasteiger partial charge in [0.1, 0.15) is 9.39 Å². The largest absolute Gasteiger partial charge is 0.378 e. The van der Waals surface area contributed by atoms with E-state index in [1.807, 2.05) is 39.4 Å². The highest BCUT2D eigenvalue weighted by atomic mass is 127. The predicted molar refractivity (Wildman–Crippen MR) is 71.6 cm³/mol. The molecular formula is C10H9IN2O2S. The zero-order valence-corrected chi connectivity index (χ0v) is 11.5. The van der Waals surface area contributed by atoms with Crippen LogP contribution in [0.2, 0.25) is 0 Å². The second kappa shape index (κ2) is 5.07. The van der Waals surface area contributed by atoms with Crippen LogP contribution in [-0.2, 0) is 11.3 Å². The van der Waals surface area contributed by atoms with Gasteiger partial charge in [0.2, 0.25) is 0 Å². The molecule has 0 atom stereocenters. The Bertz CT molecular complexity index is 536. The molecule has 1 N–H and O–H groups in total. The first kappa shape index (κ1) is 11.7. The molecule has 0 spiro atoms. The number of nitrogens with one attached hydrogen (secondary N) is 1. The van der Waals surface area contributed by atoms with Gasteiger partial charge in [-0.2, -0.15) is 11.3 Å². The van der Waals surface area contributed by atoms with Crippen LogP contribution in [0.4, 0.5) is 0 Å². The summed E-state index contributed by atoms with van der Waals surface area (Å²) in [5.74, 6) is 0.596. The van der Waals surface area contributed by atoms with Crippen molar-refractivity contribution in [3.8, 4) is 11.4 Å². The maximum Gasteiger partial charge on any atom is 0.264 e. The fourth-order valence-corrected chi connectivity index (χ4v) is 2.33. The summed E-state index contributed by atoms with van der Waals surface area (Å²) in [7, 11) is 1.59. The summed E-state index contributed by atoms with van der Waals surface area (Å²) >= 11 is 3.55. The molecule has 2 aromatic rings. The van der Waals surface area contributed by atoms with Crippen LogP contribution in [0.3, 0.4) is 0 Å². The number of thiophene rings is 1. The summed E-state index contributed by atoms with van der Waals surface area (Å²) in [6.45, 7) is 0.347. The average Bonchev–Trinajstić information content (AvgIpc) is 2.78. The molecule has 0 fully saturated rings. The Morgan fingerprint density at radius 1 is 1.62 bits per heavy atom. The van der Waals surface area contributed by atoms with E-state index >= 15 is 0 Å². The SMILES string of the molecule is COCc1nc(-c2ccsc2)[nH]c(=O)c1I. The number of aromatic nitrogens is 2. The molecule has 84 valence electrons. The lowest BCUT2D eigenvalue weighted by atomic mass is 10.3. The van der Waals surface area contributed by atoms with E-state index in [0.717, 1.165) is 5.56 Å². The van der Waals surface area contributed by atoms with Gasteiger partial charge < -0.3 is 9.72 Å². The van der Waals surface area contributed by atoms with Gasteiger partial charge in [-0.05, 0) is 34.0 Å². The third-order valence-electron chi connectivity index (χ3n) is 2.01. The van der Waals surface area contributed by atoms with Crippen LogP contribution in [0.1, 0.15) is 5.69 Å². The fourth-order valence-electron chi connectivity index (χ4n) is 1.27. The summed E-state index contributed by atoms with van der Waals surface area (Å²) < 4.78 is 5.60. The van der Waals surface area contributed by atoms with Gasteiger partial charge in [0, 0.05) is 18.1 Å². The maximum atomic E-state index is 11.7. The molecule has 6 heteroatoms. The number of hydrogen-bond donors (Lipinski definition) is 1. The lowest BCUT2D eigenvalue weighted by molar-refractivity contribution is 0.180. The van der Waals surface area contributed by atoms with Crippen molar-refractivity contribution in [1.82, 2.24) is 9.97 Å². The first-order chi connectivity index (χ1) is 7.72. The van der Waals surface area contributed by atoms with E-state index in [4.69, 9.17) is 4.74 Å². The van der Waals surface area contributed by atoms with Gasteiger partial charge in [0.15, 0.2) is 0 Å². The highest BCUT2D eigenvalue weighted by Gasteiger charge is 2.10. The van der Waals surface area contributed by atoms with Crippen molar-refractivity contribution in [1.29, 1.82) is 0 Å². The van der Waals surface area contributed by atoms with E-state index in [1.54, 1.807) is 18.4 Å². The number of ether oxygens (including phenoxy) is 1. The summed E-state index contributed by atoms with van der Waals surface area (Å²) in [4.78, 5) is 18.8. The maximum absolute atomic E-state index is 11.7. The Balaban J connectivity index is 2.53. The van der Waals surface area contributed by atoms with Gasteiger partial charge in [0.25, 0.3) is 5.56 Å². The normalized spacial score (nSPS) is 10.6. The van der Waals surface area contributed by atoms with E-state index in [1.165, 1.54) is 0 Å². The number of methoxy groups -OCH3 is 1. The number of H-pyrrole nitrogens is 1. The predicted octanol–water partition coefficient (Wildman–Crippen LogP) is 2.25. The number of halogens is 1. The highest BCUT2D eigenvalue weighted by molar-refractivity contribution is 14.1. The first-order valence-corrected chi connectivity index (χ1v) is 6.54. The Hall–Kier alpha value is -0.730. The first-order valence-electron chi connectivity index (χ1n) is 4.52. The third kappa shape index (κ3) is 2.33. The Morgan fingerprint density at radius 3 is 3.06 bits per heavy atom. The van der Waals surface area contributed by atoms with Gasteiger partial charge in [-0.15, -0.1) is 0 Å².